The van der Waals surface area contributed by atoms with Gasteiger partial charge in [0, 0.05) is 5.69 Å². The fourth-order valence-corrected chi connectivity index (χ4v) is 4.23. The Hall–Kier alpha value is -2.58. The van der Waals surface area contributed by atoms with Crippen LogP contribution in [0.5, 0.6) is 5.75 Å². The van der Waals surface area contributed by atoms with E-state index in [1.165, 1.54) is 23.1 Å². The number of hydrogen-bond donors (Lipinski definition) is 2. The van der Waals surface area contributed by atoms with Crippen LogP contribution in [-0.4, -0.2) is 28.5 Å². The molecule has 1 heterocycles. The number of anilines is 3. The molecule has 3 aromatic rings. The summed E-state index contributed by atoms with van der Waals surface area (Å²) in [5, 5.41) is 14.9. The van der Waals surface area contributed by atoms with Gasteiger partial charge in [0.15, 0.2) is 4.34 Å². The smallest absolute Gasteiger partial charge is 0.237 e. The predicted octanol–water partition coefficient (Wildman–Crippen LogP) is 4.72. The molecule has 0 spiro atoms. The maximum absolute atomic E-state index is 12.5. The van der Waals surface area contributed by atoms with Gasteiger partial charge in [-0.15, -0.1) is 10.2 Å². The number of hydrogen-bond acceptors (Lipinski definition) is 7. The van der Waals surface area contributed by atoms with E-state index >= 15 is 0 Å². The van der Waals surface area contributed by atoms with Crippen LogP contribution in [0.15, 0.2) is 52.9 Å². The Morgan fingerprint density at radius 2 is 1.81 bits per heavy atom. The van der Waals surface area contributed by atoms with Crippen molar-refractivity contribution in [2.45, 2.75) is 23.4 Å². The largest absolute Gasteiger partial charge is 0.495 e. The molecular formula is C19H20N4O2S2. The molecular weight excluding hydrogens is 380 g/mol. The SMILES string of the molecule is COc1ccccc1NC(=O)[C@H](C)Sc1nnc(Nc2ccccc2C)s1. The van der Waals surface area contributed by atoms with E-state index in [9.17, 15) is 4.79 Å². The van der Waals surface area contributed by atoms with Crippen LogP contribution in [0.2, 0.25) is 0 Å². The van der Waals surface area contributed by atoms with Crippen molar-refractivity contribution < 1.29 is 9.53 Å². The number of rotatable bonds is 7. The number of aryl methyl sites for hydroxylation is 1. The molecule has 3 rings (SSSR count). The highest BCUT2D eigenvalue weighted by Gasteiger charge is 2.18. The number of nitrogens with one attached hydrogen (secondary N) is 2. The van der Waals surface area contributed by atoms with E-state index < -0.39 is 0 Å². The van der Waals surface area contributed by atoms with Gasteiger partial charge in [0.1, 0.15) is 5.75 Å². The van der Waals surface area contributed by atoms with E-state index in [1.54, 1.807) is 7.11 Å². The van der Waals surface area contributed by atoms with Crippen molar-refractivity contribution >= 4 is 45.5 Å². The van der Waals surface area contributed by atoms with Crippen LogP contribution >= 0.6 is 23.1 Å². The summed E-state index contributed by atoms with van der Waals surface area (Å²) in [5.74, 6) is 0.511. The van der Waals surface area contributed by atoms with Crippen molar-refractivity contribution in [2.24, 2.45) is 0 Å². The number of carbonyl (C=O) groups excluding carboxylic acids is 1. The molecule has 0 saturated heterocycles. The second kappa shape index (κ2) is 8.88. The first-order valence-electron chi connectivity index (χ1n) is 8.33. The second-order valence-electron chi connectivity index (χ2n) is 5.76. The number of methoxy groups -OCH3 is 1. The molecule has 6 nitrogen and oxygen atoms in total. The third-order valence-corrected chi connectivity index (χ3v) is 5.83. The first-order valence-corrected chi connectivity index (χ1v) is 10.0. The third kappa shape index (κ3) is 4.99. The van der Waals surface area contributed by atoms with Crippen LogP contribution in [0.4, 0.5) is 16.5 Å². The lowest BCUT2D eigenvalue weighted by molar-refractivity contribution is -0.115. The molecule has 8 heteroatoms. The Balaban J connectivity index is 1.61. The number of thioether (sulfide) groups is 1. The van der Waals surface area contributed by atoms with E-state index in [0.717, 1.165) is 15.6 Å². The van der Waals surface area contributed by atoms with Crippen molar-refractivity contribution in [1.82, 2.24) is 10.2 Å². The van der Waals surface area contributed by atoms with Gasteiger partial charge < -0.3 is 15.4 Å². The van der Waals surface area contributed by atoms with Crippen molar-refractivity contribution in [3.05, 3.63) is 54.1 Å². The minimum absolute atomic E-state index is 0.117. The third-order valence-electron chi connectivity index (χ3n) is 3.80. The minimum Gasteiger partial charge on any atom is -0.495 e. The molecule has 1 amide bonds. The van der Waals surface area contributed by atoms with Gasteiger partial charge in [0.25, 0.3) is 0 Å². The van der Waals surface area contributed by atoms with Gasteiger partial charge in [-0.1, -0.05) is 53.4 Å². The Morgan fingerprint density at radius 3 is 2.56 bits per heavy atom. The number of nitrogens with zero attached hydrogens (tertiary/aromatic N) is 2. The van der Waals surface area contributed by atoms with Crippen molar-refractivity contribution in [3.63, 3.8) is 0 Å². The second-order valence-corrected chi connectivity index (χ2v) is 8.33. The summed E-state index contributed by atoms with van der Waals surface area (Å²) < 4.78 is 5.99. The molecule has 1 aromatic heterocycles. The van der Waals surface area contributed by atoms with Crippen LogP contribution in [-0.2, 0) is 4.79 Å². The highest BCUT2D eigenvalue weighted by Crippen LogP contribution is 2.32. The summed E-state index contributed by atoms with van der Waals surface area (Å²) >= 11 is 2.79. The molecule has 1 atom stereocenters. The van der Waals surface area contributed by atoms with Gasteiger partial charge in [0.05, 0.1) is 18.0 Å². The Labute approximate surface area is 166 Å². The van der Waals surface area contributed by atoms with Crippen LogP contribution in [0.3, 0.4) is 0 Å². The summed E-state index contributed by atoms with van der Waals surface area (Å²) in [6.45, 7) is 3.87. The molecule has 27 heavy (non-hydrogen) atoms. The van der Waals surface area contributed by atoms with Gasteiger partial charge >= 0.3 is 0 Å². The first-order chi connectivity index (χ1) is 13.1. The normalized spacial score (nSPS) is 11.7. The zero-order chi connectivity index (χ0) is 19.2. The quantitative estimate of drug-likeness (QED) is 0.559. The number of ether oxygens (including phenoxy) is 1. The summed E-state index contributed by atoms with van der Waals surface area (Å²) in [4.78, 5) is 12.5. The predicted molar refractivity (Wildman–Crippen MR) is 111 cm³/mol. The lowest BCUT2D eigenvalue weighted by Gasteiger charge is -2.12. The van der Waals surface area contributed by atoms with Crippen molar-refractivity contribution in [3.8, 4) is 5.75 Å². The number of para-hydroxylation sites is 3. The Kier molecular flexibility index (Phi) is 6.31. The molecule has 0 bridgehead atoms. The fraction of sp³-hybridized carbons (Fsp3) is 0.211. The molecule has 0 saturated carbocycles. The minimum atomic E-state index is -0.325. The van der Waals surface area contributed by atoms with Crippen LogP contribution < -0.4 is 15.4 Å². The molecule has 0 aliphatic carbocycles. The number of amides is 1. The highest BCUT2D eigenvalue weighted by atomic mass is 32.2. The summed E-state index contributed by atoms with van der Waals surface area (Å²) in [6, 6.07) is 15.3. The van der Waals surface area contributed by atoms with Gasteiger partial charge in [-0.25, -0.2) is 0 Å². The topological polar surface area (TPSA) is 76.1 Å². The molecule has 0 aliphatic rings. The maximum Gasteiger partial charge on any atom is 0.237 e. The highest BCUT2D eigenvalue weighted by molar-refractivity contribution is 8.02. The van der Waals surface area contributed by atoms with E-state index in [1.807, 2.05) is 62.4 Å². The maximum atomic E-state index is 12.5. The molecule has 0 fully saturated rings. The zero-order valence-corrected chi connectivity index (χ0v) is 16.9. The standard InChI is InChI=1S/C19H20N4O2S2/c1-12-8-4-5-9-14(12)21-18-22-23-19(27-18)26-13(2)17(24)20-15-10-6-7-11-16(15)25-3/h4-11,13H,1-3H3,(H,20,24)(H,21,22)/t13-/m0/s1. The van der Waals surface area contributed by atoms with E-state index in [0.29, 0.717) is 16.6 Å². The Bertz CT molecular complexity index is 929. The van der Waals surface area contributed by atoms with Gasteiger partial charge in [-0.05, 0) is 37.6 Å². The van der Waals surface area contributed by atoms with E-state index in [-0.39, 0.29) is 11.2 Å². The number of benzene rings is 2. The molecule has 0 unspecified atom stereocenters. The lowest BCUT2D eigenvalue weighted by Crippen LogP contribution is -2.22. The van der Waals surface area contributed by atoms with Gasteiger partial charge in [-0.2, -0.15) is 0 Å². The van der Waals surface area contributed by atoms with Crippen molar-refractivity contribution in [2.75, 3.05) is 17.7 Å². The molecule has 2 N–H and O–H groups in total. The molecule has 0 radical (unpaired) electrons. The van der Waals surface area contributed by atoms with Gasteiger partial charge in [-0.3, -0.25) is 4.79 Å². The van der Waals surface area contributed by atoms with E-state index in [4.69, 9.17) is 4.74 Å². The summed E-state index contributed by atoms with van der Waals surface area (Å²) in [7, 11) is 1.58. The lowest BCUT2D eigenvalue weighted by atomic mass is 10.2. The molecule has 2 aromatic carbocycles. The fourth-order valence-electron chi connectivity index (χ4n) is 2.32. The number of aromatic nitrogens is 2. The average molecular weight is 401 g/mol. The average Bonchev–Trinajstić information content (AvgIpc) is 3.11. The summed E-state index contributed by atoms with van der Waals surface area (Å²) in [6.07, 6.45) is 0. The van der Waals surface area contributed by atoms with Crippen molar-refractivity contribution in [1.29, 1.82) is 0 Å². The zero-order valence-electron chi connectivity index (χ0n) is 15.2. The summed E-state index contributed by atoms with van der Waals surface area (Å²) in [5.41, 5.74) is 2.77. The van der Waals surface area contributed by atoms with Crippen LogP contribution in [0.1, 0.15) is 12.5 Å². The first kappa shape index (κ1) is 19.2. The molecule has 0 aliphatic heterocycles. The van der Waals surface area contributed by atoms with Crippen LogP contribution in [0.25, 0.3) is 0 Å². The Morgan fingerprint density at radius 1 is 1.11 bits per heavy atom. The monoisotopic (exact) mass is 400 g/mol. The molecule has 140 valence electrons. The number of carbonyl (C=O) groups is 1. The van der Waals surface area contributed by atoms with E-state index in [2.05, 4.69) is 20.8 Å². The van der Waals surface area contributed by atoms with Crippen LogP contribution in [0, 0.1) is 6.92 Å². The van der Waals surface area contributed by atoms with Gasteiger partial charge in [0.2, 0.25) is 11.0 Å².